The van der Waals surface area contributed by atoms with Crippen LogP contribution in [0.3, 0.4) is 0 Å². The van der Waals surface area contributed by atoms with Gasteiger partial charge in [0.15, 0.2) is 0 Å². The van der Waals surface area contributed by atoms with Crippen molar-refractivity contribution in [2.45, 2.75) is 51.9 Å². The third-order valence-electron chi connectivity index (χ3n) is 4.70. The fourth-order valence-electron chi connectivity index (χ4n) is 3.83. The lowest BCUT2D eigenvalue weighted by Gasteiger charge is -2.32. The predicted molar refractivity (Wildman–Crippen MR) is 94.3 cm³/mol. The summed E-state index contributed by atoms with van der Waals surface area (Å²) in [5, 5.41) is 9.87. The number of phenolic OH excluding ortho intramolecular Hbond substituents is 1. The number of phenols is 1. The molecular weight excluding hydrogens is 270 g/mol. The lowest BCUT2D eigenvalue weighted by atomic mass is 9.73. The van der Waals surface area contributed by atoms with Gasteiger partial charge in [0.2, 0.25) is 0 Å². The van der Waals surface area contributed by atoms with Crippen LogP contribution in [0.1, 0.15) is 52.0 Å². The van der Waals surface area contributed by atoms with Gasteiger partial charge in [-0.2, -0.15) is 0 Å². The molecule has 0 radical (unpaired) electrons. The second-order valence-electron chi connectivity index (χ2n) is 7.12. The zero-order chi connectivity index (χ0) is 16.0. The molecule has 1 N–H and O–H groups in total. The summed E-state index contributed by atoms with van der Waals surface area (Å²) in [5.41, 5.74) is 1.52. The highest BCUT2D eigenvalue weighted by atomic mass is 16.3. The quantitative estimate of drug-likeness (QED) is 0.735. The maximum absolute atomic E-state index is 9.87. The van der Waals surface area contributed by atoms with Gasteiger partial charge in [-0.15, -0.1) is 0 Å². The Balaban J connectivity index is 2.10. The number of rotatable bonds is 7. The largest absolute Gasteiger partial charge is 0.508 e. The van der Waals surface area contributed by atoms with E-state index in [1.54, 1.807) is 6.07 Å². The summed E-state index contributed by atoms with van der Waals surface area (Å²) in [6.07, 6.45) is 9.22. The van der Waals surface area contributed by atoms with Crippen LogP contribution in [-0.2, 0) is 5.41 Å². The molecule has 1 aliphatic heterocycles. The third-order valence-corrected chi connectivity index (χ3v) is 4.70. The van der Waals surface area contributed by atoms with Crippen LogP contribution in [0.5, 0.6) is 5.75 Å². The van der Waals surface area contributed by atoms with Crippen LogP contribution in [0.25, 0.3) is 0 Å². The molecule has 0 aliphatic carbocycles. The normalized spacial score (nSPS) is 22.9. The Labute approximate surface area is 135 Å². The Morgan fingerprint density at radius 3 is 2.82 bits per heavy atom. The molecule has 1 aromatic carbocycles. The number of benzene rings is 1. The molecular formula is C20H31NO. The van der Waals surface area contributed by atoms with E-state index in [4.69, 9.17) is 0 Å². The SMILES string of the molecule is CC/C=C/CCN1CC[C@](CC(C)C)(c2cccc(O)c2)C1. The Hall–Kier alpha value is -1.28. The summed E-state index contributed by atoms with van der Waals surface area (Å²) < 4.78 is 0. The predicted octanol–water partition coefficient (Wildman–Crippen LogP) is 4.74. The molecule has 22 heavy (non-hydrogen) atoms. The molecule has 1 aliphatic rings. The van der Waals surface area contributed by atoms with Crippen molar-refractivity contribution in [2.75, 3.05) is 19.6 Å². The topological polar surface area (TPSA) is 23.5 Å². The zero-order valence-corrected chi connectivity index (χ0v) is 14.4. The van der Waals surface area contributed by atoms with E-state index in [1.807, 2.05) is 12.1 Å². The van der Waals surface area contributed by atoms with Gasteiger partial charge in [-0.1, -0.05) is 45.1 Å². The van der Waals surface area contributed by atoms with Crippen molar-refractivity contribution in [1.29, 1.82) is 0 Å². The molecule has 0 unspecified atom stereocenters. The molecule has 1 aromatic rings. The molecule has 0 aromatic heterocycles. The van der Waals surface area contributed by atoms with E-state index in [0.29, 0.717) is 11.7 Å². The highest BCUT2D eigenvalue weighted by Gasteiger charge is 2.39. The first-order valence-corrected chi connectivity index (χ1v) is 8.72. The first kappa shape index (κ1) is 17.1. The molecule has 0 amide bonds. The van der Waals surface area contributed by atoms with Gasteiger partial charge in [0.25, 0.3) is 0 Å². The van der Waals surface area contributed by atoms with Crippen molar-refractivity contribution >= 4 is 0 Å². The summed E-state index contributed by atoms with van der Waals surface area (Å²) in [5.74, 6) is 1.06. The van der Waals surface area contributed by atoms with Gasteiger partial charge in [0.05, 0.1) is 0 Å². The molecule has 1 fully saturated rings. The fourth-order valence-corrected chi connectivity index (χ4v) is 3.83. The van der Waals surface area contributed by atoms with Gasteiger partial charge in [-0.3, -0.25) is 0 Å². The van der Waals surface area contributed by atoms with Crippen LogP contribution >= 0.6 is 0 Å². The van der Waals surface area contributed by atoms with Gasteiger partial charge in [-0.05, 0) is 55.8 Å². The van der Waals surface area contributed by atoms with Crippen LogP contribution in [0.2, 0.25) is 0 Å². The van der Waals surface area contributed by atoms with Gasteiger partial charge >= 0.3 is 0 Å². The molecule has 0 saturated carbocycles. The van der Waals surface area contributed by atoms with Crippen LogP contribution in [-0.4, -0.2) is 29.6 Å². The van der Waals surface area contributed by atoms with Crippen molar-refractivity contribution in [3.63, 3.8) is 0 Å². The van der Waals surface area contributed by atoms with Crippen molar-refractivity contribution in [3.05, 3.63) is 42.0 Å². The van der Waals surface area contributed by atoms with Crippen LogP contribution < -0.4 is 0 Å². The van der Waals surface area contributed by atoms with Gasteiger partial charge in [0.1, 0.15) is 5.75 Å². The van der Waals surface area contributed by atoms with Gasteiger partial charge < -0.3 is 10.0 Å². The zero-order valence-electron chi connectivity index (χ0n) is 14.4. The number of aromatic hydroxyl groups is 1. The molecule has 1 atom stereocenters. The standard InChI is InChI=1S/C20H31NO/c1-4-5-6-7-12-21-13-11-20(16-21,15-17(2)3)18-9-8-10-19(22)14-18/h5-6,8-10,14,17,22H,4,7,11-13,15-16H2,1-3H3/b6-5+/t20-/m1/s1. The minimum absolute atomic E-state index is 0.210. The summed E-state index contributed by atoms with van der Waals surface area (Å²) in [6, 6.07) is 7.93. The smallest absolute Gasteiger partial charge is 0.115 e. The Morgan fingerprint density at radius 1 is 1.32 bits per heavy atom. The average Bonchev–Trinajstić information content (AvgIpc) is 2.87. The minimum atomic E-state index is 0.210. The lowest BCUT2D eigenvalue weighted by molar-refractivity contribution is 0.290. The first-order chi connectivity index (χ1) is 10.6. The maximum Gasteiger partial charge on any atom is 0.115 e. The summed E-state index contributed by atoms with van der Waals surface area (Å²) >= 11 is 0. The molecule has 2 rings (SSSR count). The van der Waals surface area contributed by atoms with Crippen molar-refractivity contribution in [2.24, 2.45) is 5.92 Å². The molecule has 0 bridgehead atoms. The highest BCUT2D eigenvalue weighted by Crippen LogP contribution is 2.41. The molecule has 122 valence electrons. The lowest BCUT2D eigenvalue weighted by Crippen LogP contribution is -2.33. The average molecular weight is 301 g/mol. The number of hydrogen-bond acceptors (Lipinski definition) is 2. The second-order valence-corrected chi connectivity index (χ2v) is 7.12. The molecule has 1 saturated heterocycles. The third kappa shape index (κ3) is 4.36. The molecule has 2 nitrogen and oxygen atoms in total. The molecule has 1 heterocycles. The molecule has 2 heteroatoms. The Morgan fingerprint density at radius 2 is 2.14 bits per heavy atom. The summed E-state index contributed by atoms with van der Waals surface area (Å²) in [7, 11) is 0. The summed E-state index contributed by atoms with van der Waals surface area (Å²) in [4.78, 5) is 2.59. The van der Waals surface area contributed by atoms with E-state index in [-0.39, 0.29) is 5.41 Å². The Kier molecular flexibility index (Phi) is 6.07. The van der Waals surface area contributed by atoms with E-state index in [1.165, 1.54) is 24.9 Å². The number of allylic oxidation sites excluding steroid dienone is 1. The maximum atomic E-state index is 9.87. The number of nitrogens with zero attached hydrogens (tertiary/aromatic N) is 1. The number of likely N-dealkylation sites (tertiary alicyclic amines) is 1. The summed E-state index contributed by atoms with van der Waals surface area (Å²) in [6.45, 7) is 10.2. The fraction of sp³-hybridized carbons (Fsp3) is 0.600. The Bertz CT molecular complexity index is 494. The van der Waals surface area contributed by atoms with E-state index in [2.05, 4.69) is 43.9 Å². The van der Waals surface area contributed by atoms with Crippen LogP contribution in [0, 0.1) is 5.92 Å². The van der Waals surface area contributed by atoms with E-state index in [9.17, 15) is 5.11 Å². The second kappa shape index (κ2) is 7.82. The van der Waals surface area contributed by atoms with Gasteiger partial charge in [-0.25, -0.2) is 0 Å². The van der Waals surface area contributed by atoms with Crippen LogP contribution in [0.15, 0.2) is 36.4 Å². The van der Waals surface area contributed by atoms with Crippen molar-refractivity contribution in [1.82, 2.24) is 4.90 Å². The molecule has 0 spiro atoms. The highest BCUT2D eigenvalue weighted by molar-refractivity contribution is 5.34. The van der Waals surface area contributed by atoms with Crippen LogP contribution in [0.4, 0.5) is 0 Å². The van der Waals surface area contributed by atoms with E-state index in [0.717, 1.165) is 25.9 Å². The van der Waals surface area contributed by atoms with E-state index < -0.39 is 0 Å². The monoisotopic (exact) mass is 301 g/mol. The van der Waals surface area contributed by atoms with Crippen molar-refractivity contribution < 1.29 is 5.11 Å². The van der Waals surface area contributed by atoms with Crippen molar-refractivity contribution in [3.8, 4) is 5.75 Å². The first-order valence-electron chi connectivity index (χ1n) is 8.72. The van der Waals surface area contributed by atoms with E-state index >= 15 is 0 Å². The number of hydrogen-bond donors (Lipinski definition) is 1. The van der Waals surface area contributed by atoms with Gasteiger partial charge in [0, 0.05) is 18.5 Å². The minimum Gasteiger partial charge on any atom is -0.508 e.